The molecule has 0 amide bonds. The van der Waals surface area contributed by atoms with Crippen molar-refractivity contribution in [2.45, 2.75) is 8.92 Å². The minimum atomic E-state index is -0.461. The Labute approximate surface area is 167 Å². The standard InChI is InChI=1S/C12H12B2Cl4N4Si2/c15-11(16)23-21-13(19-7-3-1-4-8-19)22(24-12(17)18)14(21)20-9-5-2-6-10-20/h1-12H/q+2. The van der Waals surface area contributed by atoms with Gasteiger partial charge in [0.1, 0.15) is 33.7 Å². The maximum Gasteiger partial charge on any atom is 0.660 e. The van der Waals surface area contributed by atoms with Crippen LogP contribution in [0.15, 0.2) is 61.2 Å². The predicted octanol–water partition coefficient (Wildman–Crippen LogP) is 1.01. The van der Waals surface area contributed by atoms with Crippen molar-refractivity contribution < 1.29 is 8.96 Å². The number of nitrogens with zero attached hydrogens (tertiary/aromatic N) is 4. The largest absolute Gasteiger partial charge is 0.660 e. The summed E-state index contributed by atoms with van der Waals surface area (Å²) in [5.41, 5.74) is 0. The molecule has 12 heteroatoms. The number of aromatic nitrogens is 2. The van der Waals surface area contributed by atoms with Crippen molar-refractivity contribution in [2.75, 3.05) is 0 Å². The van der Waals surface area contributed by atoms with Gasteiger partial charge in [-0.2, -0.15) is 0 Å². The number of halogens is 4. The van der Waals surface area contributed by atoms with E-state index < -0.39 is 8.92 Å². The van der Waals surface area contributed by atoms with Crippen molar-refractivity contribution in [3.05, 3.63) is 61.2 Å². The Bertz CT molecular complexity index is 593. The van der Waals surface area contributed by atoms with Crippen molar-refractivity contribution in [1.29, 1.82) is 0 Å². The summed E-state index contributed by atoms with van der Waals surface area (Å²) in [5, 5.41) is 0. The zero-order valence-electron chi connectivity index (χ0n) is 12.4. The molecule has 24 heavy (non-hydrogen) atoms. The molecular weight excluding hydrogens is 420 g/mol. The summed E-state index contributed by atoms with van der Waals surface area (Å²) in [7, 11) is 0.431. The third kappa shape index (κ3) is 4.19. The molecule has 3 heterocycles. The first-order valence-electron chi connectivity index (χ1n) is 7.15. The van der Waals surface area contributed by atoms with Crippen molar-refractivity contribution in [3.63, 3.8) is 0 Å². The van der Waals surface area contributed by atoms with Gasteiger partial charge in [-0.3, -0.25) is 8.96 Å². The molecule has 0 N–H and O–H groups in total. The number of pyridine rings is 2. The Morgan fingerprint density at radius 1 is 0.625 bits per heavy atom. The van der Waals surface area contributed by atoms with Crippen molar-refractivity contribution in [1.82, 2.24) is 8.78 Å². The molecule has 3 rings (SSSR count). The lowest BCUT2D eigenvalue weighted by atomic mass is 9.62. The Morgan fingerprint density at radius 3 is 1.25 bits per heavy atom. The Morgan fingerprint density at radius 2 is 0.958 bits per heavy atom. The lowest BCUT2D eigenvalue weighted by Crippen LogP contribution is -2.95. The van der Waals surface area contributed by atoms with E-state index >= 15 is 0 Å². The number of hydrogen-bond acceptors (Lipinski definition) is 2. The fraction of sp³-hybridized carbons (Fsp3) is 0.167. The highest BCUT2D eigenvalue weighted by atomic mass is 35.5. The summed E-state index contributed by atoms with van der Waals surface area (Å²) in [6.45, 7) is 0. The van der Waals surface area contributed by atoms with E-state index in [0.29, 0.717) is 0 Å². The topological polar surface area (TPSA) is 14.2 Å². The number of alkyl halides is 4. The summed E-state index contributed by atoms with van der Waals surface area (Å²) in [6.07, 6.45) is 8.06. The second-order valence-corrected chi connectivity index (χ2v) is 11.4. The van der Waals surface area contributed by atoms with Gasteiger partial charge in [-0.1, -0.05) is 12.1 Å². The lowest BCUT2D eigenvalue weighted by Gasteiger charge is -2.40. The van der Waals surface area contributed by atoms with Gasteiger partial charge in [0.25, 0.3) is 0 Å². The molecule has 1 aliphatic heterocycles. The van der Waals surface area contributed by atoms with Gasteiger partial charge in [0.15, 0.2) is 19.4 Å². The smallest absolute Gasteiger partial charge is 0.261 e. The van der Waals surface area contributed by atoms with Crippen molar-refractivity contribution >= 4 is 80.0 Å². The predicted molar refractivity (Wildman–Crippen MR) is 102 cm³/mol. The van der Waals surface area contributed by atoms with E-state index in [-0.39, 0.29) is 33.6 Å². The molecule has 1 aliphatic rings. The highest BCUT2D eigenvalue weighted by molar-refractivity contribution is 6.96. The van der Waals surface area contributed by atoms with Gasteiger partial charge in [0.2, 0.25) is 0 Å². The third-order valence-corrected chi connectivity index (χ3v) is 6.58. The van der Waals surface area contributed by atoms with Gasteiger partial charge >= 0.3 is 14.2 Å². The fourth-order valence-corrected chi connectivity index (χ4v) is 6.23. The van der Waals surface area contributed by atoms with Gasteiger partial charge < -0.3 is 0 Å². The summed E-state index contributed by atoms with van der Waals surface area (Å²) in [5.74, 6) is 0. The summed E-state index contributed by atoms with van der Waals surface area (Å²) >= 11 is 24.4. The van der Waals surface area contributed by atoms with Gasteiger partial charge in [0, 0.05) is 0 Å². The summed E-state index contributed by atoms with van der Waals surface area (Å²) in [4.78, 5) is 0. The fourth-order valence-electron chi connectivity index (χ4n) is 2.64. The maximum atomic E-state index is 6.09. The van der Waals surface area contributed by atoms with Crippen LogP contribution in [0.3, 0.4) is 0 Å². The van der Waals surface area contributed by atoms with Crippen LogP contribution in [0, 0.1) is 0 Å². The lowest BCUT2D eigenvalue weighted by molar-refractivity contribution is -0.575. The Kier molecular flexibility index (Phi) is 6.67. The van der Waals surface area contributed by atoms with Crippen LogP contribution in [0.5, 0.6) is 0 Å². The van der Waals surface area contributed by atoms with Crippen LogP contribution in [-0.4, -0.2) is 51.3 Å². The van der Waals surface area contributed by atoms with E-state index in [1.165, 1.54) is 0 Å². The number of hydrogen-bond donors (Lipinski definition) is 0. The van der Waals surface area contributed by atoms with Crippen LogP contribution < -0.4 is 8.96 Å². The average molecular weight is 432 g/mol. The van der Waals surface area contributed by atoms with Gasteiger partial charge in [-0.05, 0) is 24.3 Å². The normalized spacial score (nSPS) is 16.1. The van der Waals surface area contributed by atoms with Gasteiger partial charge in [-0.25, -0.2) is 8.78 Å². The molecule has 0 saturated carbocycles. The van der Waals surface area contributed by atoms with E-state index in [2.05, 4.69) is 17.7 Å². The maximum absolute atomic E-state index is 6.09. The van der Waals surface area contributed by atoms with Crippen LogP contribution in [0.25, 0.3) is 0 Å². The SMILES string of the molecule is ClC(Cl)[Si]N1B([n+]2ccccc2)N([Si]C(Cl)Cl)B1[n+]1ccccc1. The first kappa shape index (κ1) is 18.7. The minimum absolute atomic E-state index is 0.0272. The van der Waals surface area contributed by atoms with Crippen molar-refractivity contribution in [2.24, 2.45) is 0 Å². The van der Waals surface area contributed by atoms with Crippen molar-refractivity contribution in [3.8, 4) is 0 Å². The second-order valence-electron chi connectivity index (χ2n) is 5.01. The first-order valence-corrected chi connectivity index (χ1v) is 10.9. The van der Waals surface area contributed by atoms with Crippen LogP contribution in [0.1, 0.15) is 0 Å². The second kappa shape index (κ2) is 8.55. The molecule has 0 bridgehead atoms. The quantitative estimate of drug-likeness (QED) is 0.500. The Balaban J connectivity index is 1.95. The molecule has 0 unspecified atom stereocenters. The first-order chi connectivity index (χ1) is 11.6. The van der Waals surface area contributed by atoms with Crippen LogP contribution >= 0.6 is 46.4 Å². The summed E-state index contributed by atoms with van der Waals surface area (Å²) in [6, 6.07) is 11.9. The molecular formula is C12H12B2Cl4N4Si2+2. The molecule has 1 fully saturated rings. The van der Waals surface area contributed by atoms with E-state index in [4.69, 9.17) is 46.4 Å². The van der Waals surface area contributed by atoms with Crippen LogP contribution in [-0.2, 0) is 0 Å². The monoisotopic (exact) mass is 430 g/mol. The summed E-state index contributed by atoms with van der Waals surface area (Å²) < 4.78 is 7.77. The molecule has 0 atom stereocenters. The molecule has 2 aromatic rings. The van der Waals surface area contributed by atoms with E-state index in [1.807, 2.05) is 61.2 Å². The minimum Gasteiger partial charge on any atom is -0.261 e. The molecule has 120 valence electrons. The zero-order valence-corrected chi connectivity index (χ0v) is 17.4. The van der Waals surface area contributed by atoms with E-state index in [0.717, 1.165) is 0 Å². The third-order valence-electron chi connectivity index (χ3n) is 3.50. The molecule has 0 spiro atoms. The average Bonchev–Trinajstić information content (AvgIpc) is 2.55. The Hall–Kier alpha value is -0.0564. The highest BCUT2D eigenvalue weighted by Gasteiger charge is 2.72. The number of rotatable bonds is 6. The molecule has 4 nitrogen and oxygen atoms in total. The molecule has 0 aromatic carbocycles. The highest BCUT2D eigenvalue weighted by Crippen LogP contribution is 2.19. The van der Waals surface area contributed by atoms with Crippen LogP contribution in [0.2, 0.25) is 0 Å². The molecule has 2 aromatic heterocycles. The van der Waals surface area contributed by atoms with E-state index in [1.54, 1.807) is 0 Å². The molecule has 4 radical (unpaired) electrons. The van der Waals surface area contributed by atoms with Gasteiger partial charge in [-0.15, -0.1) is 46.4 Å². The van der Waals surface area contributed by atoms with Crippen LogP contribution in [0.4, 0.5) is 0 Å². The van der Waals surface area contributed by atoms with Gasteiger partial charge in [0.05, 0.1) is 0 Å². The van der Waals surface area contributed by atoms with E-state index in [9.17, 15) is 0 Å². The zero-order chi connectivity index (χ0) is 17.1. The molecule has 0 aliphatic carbocycles. The molecule has 1 saturated heterocycles.